The van der Waals surface area contributed by atoms with Gasteiger partial charge in [-0.3, -0.25) is 14.9 Å². The number of nitrogens with zero attached hydrogens (tertiary/aromatic N) is 1. The van der Waals surface area contributed by atoms with E-state index in [1.807, 2.05) is 24.3 Å². The van der Waals surface area contributed by atoms with Crippen molar-refractivity contribution in [2.24, 2.45) is 0 Å². The Bertz CT molecular complexity index is 803. The summed E-state index contributed by atoms with van der Waals surface area (Å²) in [4.78, 5) is 22.1. The Morgan fingerprint density at radius 3 is 2.32 bits per heavy atom. The highest BCUT2D eigenvalue weighted by Crippen LogP contribution is 2.29. The van der Waals surface area contributed by atoms with E-state index in [2.05, 4.69) is 5.32 Å². The van der Waals surface area contributed by atoms with Crippen molar-refractivity contribution in [3.05, 3.63) is 81.4 Å². The first kappa shape index (κ1) is 16.9. The van der Waals surface area contributed by atoms with Crippen LogP contribution in [0.25, 0.3) is 6.08 Å². The molecule has 0 fully saturated rings. The van der Waals surface area contributed by atoms with Gasteiger partial charge in [0.1, 0.15) is 0 Å². The third kappa shape index (κ3) is 4.10. The molecule has 1 amide bonds. The SMILES string of the molecule is O=C(/C=C/c1ccc([N+](=O)[O-])cc1)NCC1(O)Cc2ccccc2C1. The quantitative estimate of drug-likeness (QED) is 0.497. The largest absolute Gasteiger partial charge is 0.387 e. The monoisotopic (exact) mass is 338 g/mol. The molecule has 1 aliphatic rings. The fourth-order valence-electron chi connectivity index (χ4n) is 2.99. The van der Waals surface area contributed by atoms with Crippen LogP contribution in [0.3, 0.4) is 0 Å². The van der Waals surface area contributed by atoms with Crippen LogP contribution in [0.15, 0.2) is 54.6 Å². The first-order valence-corrected chi connectivity index (χ1v) is 7.95. The molecule has 0 saturated heterocycles. The highest BCUT2D eigenvalue weighted by atomic mass is 16.6. The Morgan fingerprint density at radius 1 is 1.16 bits per heavy atom. The molecule has 0 saturated carbocycles. The lowest BCUT2D eigenvalue weighted by atomic mass is 10.0. The summed E-state index contributed by atoms with van der Waals surface area (Å²) in [5, 5.41) is 23.9. The van der Waals surface area contributed by atoms with Crippen LogP contribution in [0.1, 0.15) is 16.7 Å². The number of nitro groups is 1. The molecule has 1 aliphatic carbocycles. The van der Waals surface area contributed by atoms with Crippen molar-refractivity contribution in [3.8, 4) is 0 Å². The molecule has 2 aromatic carbocycles. The van der Waals surface area contributed by atoms with E-state index < -0.39 is 10.5 Å². The second-order valence-electron chi connectivity index (χ2n) is 6.25. The van der Waals surface area contributed by atoms with Crippen molar-refractivity contribution in [1.29, 1.82) is 0 Å². The lowest BCUT2D eigenvalue weighted by Crippen LogP contribution is -2.43. The Hall–Kier alpha value is -2.99. The number of aliphatic hydroxyl groups is 1. The van der Waals surface area contributed by atoms with Crippen LogP contribution in [0, 0.1) is 10.1 Å². The highest BCUT2D eigenvalue weighted by molar-refractivity contribution is 5.91. The Morgan fingerprint density at radius 2 is 1.76 bits per heavy atom. The van der Waals surface area contributed by atoms with Crippen LogP contribution in [0.5, 0.6) is 0 Å². The summed E-state index contributed by atoms with van der Waals surface area (Å²) in [5.74, 6) is -0.317. The molecule has 0 aliphatic heterocycles. The number of carbonyl (C=O) groups is 1. The van der Waals surface area contributed by atoms with E-state index in [9.17, 15) is 20.0 Å². The number of benzene rings is 2. The average Bonchev–Trinajstić information content (AvgIpc) is 2.95. The zero-order valence-electron chi connectivity index (χ0n) is 13.5. The standard InChI is InChI=1S/C19H18N2O4/c22-18(10-7-14-5-8-17(9-6-14)21(24)25)20-13-19(23)11-15-3-1-2-4-16(15)12-19/h1-10,23H,11-13H2,(H,20,22)/b10-7+. The number of carbonyl (C=O) groups excluding carboxylic acids is 1. The van der Waals surface area contributed by atoms with E-state index >= 15 is 0 Å². The minimum Gasteiger partial charge on any atom is -0.387 e. The summed E-state index contributed by atoms with van der Waals surface area (Å²) in [5.41, 5.74) is 1.96. The Labute approximate surface area is 145 Å². The fourth-order valence-corrected chi connectivity index (χ4v) is 2.99. The van der Waals surface area contributed by atoms with Crippen molar-refractivity contribution >= 4 is 17.7 Å². The van der Waals surface area contributed by atoms with E-state index in [-0.39, 0.29) is 18.1 Å². The summed E-state index contributed by atoms with van der Waals surface area (Å²) in [6, 6.07) is 13.8. The fraction of sp³-hybridized carbons (Fsp3) is 0.211. The van der Waals surface area contributed by atoms with Crippen molar-refractivity contribution in [2.45, 2.75) is 18.4 Å². The van der Waals surface area contributed by atoms with Gasteiger partial charge >= 0.3 is 0 Å². The first-order chi connectivity index (χ1) is 12.0. The van der Waals surface area contributed by atoms with Crippen molar-refractivity contribution in [2.75, 3.05) is 6.54 Å². The second kappa shape index (κ2) is 6.86. The van der Waals surface area contributed by atoms with Crippen LogP contribution in [0.2, 0.25) is 0 Å². The van der Waals surface area contributed by atoms with Gasteiger partial charge in [0.25, 0.3) is 5.69 Å². The number of hydrogen-bond acceptors (Lipinski definition) is 4. The van der Waals surface area contributed by atoms with Gasteiger partial charge in [-0.05, 0) is 34.9 Å². The van der Waals surface area contributed by atoms with Crippen LogP contribution < -0.4 is 5.32 Å². The summed E-state index contributed by atoms with van der Waals surface area (Å²) >= 11 is 0. The van der Waals surface area contributed by atoms with Crippen LogP contribution >= 0.6 is 0 Å². The van der Waals surface area contributed by atoms with Gasteiger partial charge in [-0.15, -0.1) is 0 Å². The average molecular weight is 338 g/mol. The maximum atomic E-state index is 11.9. The van der Waals surface area contributed by atoms with Gasteiger partial charge in [0.2, 0.25) is 5.91 Å². The molecule has 0 bridgehead atoms. The van der Waals surface area contributed by atoms with Gasteiger partial charge in [-0.1, -0.05) is 24.3 Å². The molecule has 3 rings (SSSR count). The van der Waals surface area contributed by atoms with E-state index in [4.69, 9.17) is 0 Å². The third-order valence-corrected chi connectivity index (χ3v) is 4.28. The maximum absolute atomic E-state index is 11.9. The molecule has 128 valence electrons. The molecule has 0 spiro atoms. The number of hydrogen-bond donors (Lipinski definition) is 2. The molecular weight excluding hydrogens is 320 g/mol. The minimum atomic E-state index is -0.958. The van der Waals surface area contributed by atoms with Crippen molar-refractivity contribution in [1.82, 2.24) is 5.32 Å². The summed E-state index contributed by atoms with van der Waals surface area (Å²) in [6.45, 7) is 0.172. The molecule has 0 heterocycles. The number of fused-ring (bicyclic) bond motifs is 1. The van der Waals surface area contributed by atoms with E-state index in [1.165, 1.54) is 18.2 Å². The molecule has 0 atom stereocenters. The van der Waals surface area contributed by atoms with Gasteiger partial charge in [0.05, 0.1) is 10.5 Å². The molecule has 0 radical (unpaired) electrons. The number of nitro benzene ring substituents is 1. The Kier molecular flexibility index (Phi) is 4.63. The van der Waals surface area contributed by atoms with Crippen molar-refractivity contribution < 1.29 is 14.8 Å². The lowest BCUT2D eigenvalue weighted by Gasteiger charge is -2.22. The molecule has 6 nitrogen and oxygen atoms in total. The van der Waals surface area contributed by atoms with Gasteiger partial charge < -0.3 is 10.4 Å². The zero-order valence-corrected chi connectivity index (χ0v) is 13.5. The summed E-state index contributed by atoms with van der Waals surface area (Å²) in [7, 11) is 0. The molecule has 0 aromatic heterocycles. The summed E-state index contributed by atoms with van der Waals surface area (Å²) in [6.07, 6.45) is 3.98. The number of nitrogens with one attached hydrogen (secondary N) is 1. The van der Waals surface area contributed by atoms with Crippen molar-refractivity contribution in [3.63, 3.8) is 0 Å². The minimum absolute atomic E-state index is 0.00428. The molecule has 2 aromatic rings. The third-order valence-electron chi connectivity index (χ3n) is 4.28. The first-order valence-electron chi connectivity index (χ1n) is 7.95. The summed E-state index contributed by atoms with van der Waals surface area (Å²) < 4.78 is 0. The highest BCUT2D eigenvalue weighted by Gasteiger charge is 2.34. The second-order valence-corrected chi connectivity index (χ2v) is 6.25. The Balaban J connectivity index is 1.54. The number of rotatable bonds is 5. The molecular formula is C19H18N2O4. The van der Waals surface area contributed by atoms with Gasteiger partial charge in [-0.25, -0.2) is 0 Å². The smallest absolute Gasteiger partial charge is 0.269 e. The molecule has 25 heavy (non-hydrogen) atoms. The topological polar surface area (TPSA) is 92.5 Å². The molecule has 2 N–H and O–H groups in total. The van der Waals surface area contributed by atoms with Crippen LogP contribution in [0.4, 0.5) is 5.69 Å². The van der Waals surface area contributed by atoms with Crippen LogP contribution in [-0.2, 0) is 17.6 Å². The van der Waals surface area contributed by atoms with Gasteiger partial charge in [0.15, 0.2) is 0 Å². The molecule has 0 unspecified atom stereocenters. The molecule has 6 heteroatoms. The number of non-ortho nitro benzene ring substituents is 1. The van der Waals surface area contributed by atoms with Crippen LogP contribution in [-0.4, -0.2) is 28.1 Å². The van der Waals surface area contributed by atoms with Gasteiger partial charge in [-0.2, -0.15) is 0 Å². The van der Waals surface area contributed by atoms with E-state index in [1.54, 1.807) is 18.2 Å². The zero-order chi connectivity index (χ0) is 17.9. The van der Waals surface area contributed by atoms with E-state index in [0.29, 0.717) is 18.4 Å². The van der Waals surface area contributed by atoms with Gasteiger partial charge in [0, 0.05) is 37.6 Å². The maximum Gasteiger partial charge on any atom is 0.269 e. The predicted octanol–water partition coefficient (Wildman–Crippen LogP) is 2.25. The lowest BCUT2D eigenvalue weighted by molar-refractivity contribution is -0.384. The predicted molar refractivity (Wildman–Crippen MR) is 93.9 cm³/mol. The number of amides is 1. The van der Waals surface area contributed by atoms with E-state index in [0.717, 1.165) is 11.1 Å². The normalized spacial score (nSPS) is 15.1.